The van der Waals surface area contributed by atoms with E-state index in [4.69, 9.17) is 4.74 Å². The second-order valence-electron chi connectivity index (χ2n) is 8.94. The lowest BCUT2D eigenvalue weighted by Gasteiger charge is -2.56. The Labute approximate surface area is 203 Å². The maximum absolute atomic E-state index is 13.7. The van der Waals surface area contributed by atoms with Crippen molar-refractivity contribution in [2.45, 2.75) is 50.4 Å². The Hall–Kier alpha value is -2.19. The Kier molecular flexibility index (Phi) is 7.48. The van der Waals surface area contributed by atoms with E-state index < -0.39 is 17.6 Å². The second-order valence-corrected chi connectivity index (χ2v) is 10.2. The molecule has 2 aliphatic rings. The first kappa shape index (κ1) is 24.9. The van der Waals surface area contributed by atoms with Crippen molar-refractivity contribution in [3.63, 3.8) is 0 Å². The van der Waals surface area contributed by atoms with Gasteiger partial charge >= 0.3 is 6.18 Å². The molecule has 1 heterocycles. The maximum atomic E-state index is 13.7. The van der Waals surface area contributed by atoms with Crippen molar-refractivity contribution in [3.8, 4) is 5.75 Å². The topological polar surface area (TPSA) is 41.6 Å². The predicted molar refractivity (Wildman–Crippen MR) is 130 cm³/mol. The van der Waals surface area contributed by atoms with Crippen LogP contribution in [0.2, 0.25) is 0 Å². The molecule has 1 saturated heterocycles. The molecule has 4 nitrogen and oxygen atoms in total. The highest BCUT2D eigenvalue weighted by Gasteiger charge is 2.50. The lowest BCUT2D eigenvalue weighted by Crippen LogP contribution is -2.63. The number of nitrogens with zero attached hydrogens (tertiary/aromatic N) is 1. The summed E-state index contributed by atoms with van der Waals surface area (Å²) in [5.41, 5.74) is 0.524. The van der Waals surface area contributed by atoms with E-state index in [1.54, 1.807) is 6.92 Å². The molecule has 0 aromatic heterocycles. The minimum atomic E-state index is -4.51. The number of halogens is 3. The van der Waals surface area contributed by atoms with Crippen LogP contribution < -0.4 is 10.1 Å². The number of nitrogens with one attached hydrogen (secondary N) is 1. The molecule has 1 aliphatic heterocycles. The fourth-order valence-electron chi connectivity index (χ4n) is 5.25. The number of amides is 1. The summed E-state index contributed by atoms with van der Waals surface area (Å²) in [7, 11) is 1.30. The minimum absolute atomic E-state index is 0.0481. The second kappa shape index (κ2) is 10.2. The number of hydrogen-bond donors (Lipinski definition) is 1. The molecule has 4 rings (SSSR count). The van der Waals surface area contributed by atoms with Gasteiger partial charge in [0.15, 0.2) is 0 Å². The molecule has 1 N–H and O–H groups in total. The van der Waals surface area contributed by atoms with E-state index in [-0.39, 0.29) is 29.3 Å². The van der Waals surface area contributed by atoms with Crippen molar-refractivity contribution in [3.05, 3.63) is 64.7 Å². The van der Waals surface area contributed by atoms with Crippen molar-refractivity contribution in [1.29, 1.82) is 0 Å². The largest absolute Gasteiger partial charge is 0.496 e. The molecule has 1 aliphatic carbocycles. The number of carbonyl (C=O) groups excluding carboxylic acids is 1. The molecular formula is C26H31F3N2O2S. The molecule has 0 bridgehead atoms. The van der Waals surface area contributed by atoms with Crippen LogP contribution in [-0.4, -0.2) is 48.1 Å². The third kappa shape index (κ3) is 4.80. The van der Waals surface area contributed by atoms with Gasteiger partial charge in [-0.25, -0.2) is 0 Å². The summed E-state index contributed by atoms with van der Waals surface area (Å²) in [6.45, 7) is 3.68. The van der Waals surface area contributed by atoms with Crippen LogP contribution in [0.3, 0.4) is 0 Å². The number of aryl methyl sites for hydroxylation is 1. The normalized spacial score (nSPS) is 19.2. The summed E-state index contributed by atoms with van der Waals surface area (Å²) < 4.78 is 45.6. The Morgan fingerprint density at radius 2 is 1.85 bits per heavy atom. The molecule has 1 amide bonds. The summed E-state index contributed by atoms with van der Waals surface area (Å²) in [5.74, 6) is 1.68. The Balaban J connectivity index is 1.74. The Morgan fingerprint density at radius 1 is 1.18 bits per heavy atom. The van der Waals surface area contributed by atoms with Gasteiger partial charge in [-0.2, -0.15) is 24.9 Å². The van der Waals surface area contributed by atoms with Crippen LogP contribution in [0, 0.1) is 0 Å². The van der Waals surface area contributed by atoms with Gasteiger partial charge < -0.3 is 10.1 Å². The van der Waals surface area contributed by atoms with Crippen LogP contribution in [0.5, 0.6) is 5.75 Å². The third-order valence-corrected chi connectivity index (χ3v) is 8.09. The van der Waals surface area contributed by atoms with E-state index in [0.717, 1.165) is 61.6 Å². The SMILES string of the molecule is CCc1cc(C(F)(F)F)cc(OC)c1C(=O)NC(c1ccccc1)C1(N2CCSCC2)CCC1. The standard InChI is InChI=1S/C26H31F3N2O2S/c1-3-18-16-20(26(27,28)29)17-21(33-2)22(18)24(32)30-23(19-8-5-4-6-9-19)25(10-7-11-25)31-12-14-34-15-13-31/h4-6,8-9,16-17,23H,3,7,10-15H2,1-2H3,(H,30,32). The van der Waals surface area contributed by atoms with Crippen LogP contribution in [0.25, 0.3) is 0 Å². The zero-order chi connectivity index (χ0) is 24.3. The highest BCUT2D eigenvalue weighted by Crippen LogP contribution is 2.48. The number of alkyl halides is 3. The first-order chi connectivity index (χ1) is 16.3. The van der Waals surface area contributed by atoms with Crippen LogP contribution in [0.15, 0.2) is 42.5 Å². The summed E-state index contributed by atoms with van der Waals surface area (Å²) in [5, 5.41) is 3.25. The molecular weight excluding hydrogens is 461 g/mol. The Bertz CT molecular complexity index is 978. The average molecular weight is 493 g/mol. The van der Waals surface area contributed by atoms with Crippen LogP contribution in [0.4, 0.5) is 13.2 Å². The van der Waals surface area contributed by atoms with Gasteiger partial charge in [0.25, 0.3) is 5.91 Å². The number of thioether (sulfide) groups is 1. The maximum Gasteiger partial charge on any atom is 0.416 e. The zero-order valence-corrected chi connectivity index (χ0v) is 20.4. The number of ether oxygens (including phenoxy) is 1. The molecule has 0 spiro atoms. The van der Waals surface area contributed by atoms with Gasteiger partial charge in [0.1, 0.15) is 5.75 Å². The monoisotopic (exact) mass is 492 g/mol. The van der Waals surface area contributed by atoms with E-state index in [1.165, 1.54) is 7.11 Å². The fraction of sp³-hybridized carbons (Fsp3) is 0.500. The molecule has 1 saturated carbocycles. The zero-order valence-electron chi connectivity index (χ0n) is 19.6. The number of rotatable bonds is 7. The van der Waals surface area contributed by atoms with Crippen molar-refractivity contribution < 1.29 is 22.7 Å². The minimum Gasteiger partial charge on any atom is -0.496 e. The van der Waals surface area contributed by atoms with Gasteiger partial charge in [0, 0.05) is 30.1 Å². The molecule has 8 heteroatoms. The highest BCUT2D eigenvalue weighted by molar-refractivity contribution is 7.99. The first-order valence-electron chi connectivity index (χ1n) is 11.8. The first-order valence-corrected chi connectivity index (χ1v) is 12.9. The van der Waals surface area contributed by atoms with Crippen molar-refractivity contribution >= 4 is 17.7 Å². The molecule has 2 aromatic rings. The predicted octanol–water partition coefficient (Wildman–Crippen LogP) is 5.72. The van der Waals surface area contributed by atoms with E-state index >= 15 is 0 Å². The molecule has 34 heavy (non-hydrogen) atoms. The smallest absolute Gasteiger partial charge is 0.416 e. The van der Waals surface area contributed by atoms with Gasteiger partial charge in [-0.05, 0) is 48.9 Å². The molecule has 2 aromatic carbocycles. The molecule has 1 unspecified atom stereocenters. The van der Waals surface area contributed by atoms with E-state index in [9.17, 15) is 18.0 Å². The summed E-state index contributed by atoms with van der Waals surface area (Å²) in [6, 6.07) is 11.6. The van der Waals surface area contributed by atoms with E-state index in [0.29, 0.717) is 5.56 Å². The quantitative estimate of drug-likeness (QED) is 0.537. The van der Waals surface area contributed by atoms with Crippen LogP contribution >= 0.6 is 11.8 Å². The lowest BCUT2D eigenvalue weighted by atomic mass is 9.67. The van der Waals surface area contributed by atoms with E-state index in [2.05, 4.69) is 10.2 Å². The van der Waals surface area contributed by atoms with Crippen molar-refractivity contribution in [2.24, 2.45) is 0 Å². The van der Waals surface area contributed by atoms with E-state index in [1.807, 2.05) is 42.1 Å². The number of methoxy groups -OCH3 is 1. The van der Waals surface area contributed by atoms with Gasteiger partial charge in [0.2, 0.25) is 0 Å². The van der Waals surface area contributed by atoms with Gasteiger partial charge in [0.05, 0.1) is 24.3 Å². The molecule has 1 atom stereocenters. The van der Waals surface area contributed by atoms with Gasteiger partial charge in [-0.15, -0.1) is 0 Å². The summed E-state index contributed by atoms with van der Waals surface area (Å²) in [6.07, 6.45) is -1.19. The molecule has 0 radical (unpaired) electrons. The highest BCUT2D eigenvalue weighted by atomic mass is 32.2. The third-order valence-electron chi connectivity index (χ3n) is 7.14. The van der Waals surface area contributed by atoms with Crippen molar-refractivity contribution in [1.82, 2.24) is 10.2 Å². The average Bonchev–Trinajstić information content (AvgIpc) is 2.82. The van der Waals surface area contributed by atoms with Gasteiger partial charge in [-0.3, -0.25) is 9.69 Å². The molecule has 184 valence electrons. The Morgan fingerprint density at radius 3 is 2.38 bits per heavy atom. The summed E-state index contributed by atoms with van der Waals surface area (Å²) in [4.78, 5) is 16.2. The number of hydrogen-bond acceptors (Lipinski definition) is 4. The van der Waals surface area contributed by atoms with Crippen LogP contribution in [-0.2, 0) is 12.6 Å². The number of benzene rings is 2. The van der Waals surface area contributed by atoms with Crippen LogP contribution in [0.1, 0.15) is 59.3 Å². The fourth-order valence-corrected chi connectivity index (χ4v) is 6.15. The van der Waals surface area contributed by atoms with Crippen molar-refractivity contribution in [2.75, 3.05) is 31.7 Å². The lowest BCUT2D eigenvalue weighted by molar-refractivity contribution is -0.137. The summed E-state index contributed by atoms with van der Waals surface area (Å²) >= 11 is 1.94. The molecule has 2 fully saturated rings. The van der Waals surface area contributed by atoms with Gasteiger partial charge in [-0.1, -0.05) is 37.3 Å². The number of carbonyl (C=O) groups is 1.